The van der Waals surface area contributed by atoms with Crippen molar-refractivity contribution in [3.8, 4) is 24.7 Å². The molecule has 0 heterocycles. The predicted octanol–water partition coefficient (Wildman–Crippen LogP) is -0.403. The van der Waals surface area contributed by atoms with Crippen LogP contribution in [-0.4, -0.2) is 115 Å². The lowest BCUT2D eigenvalue weighted by molar-refractivity contribution is -0.208. The van der Waals surface area contributed by atoms with Crippen molar-refractivity contribution in [3.05, 3.63) is 0 Å². The summed E-state index contributed by atoms with van der Waals surface area (Å²) >= 11 is 0. The van der Waals surface area contributed by atoms with Gasteiger partial charge in [0.1, 0.15) is 13.2 Å². The fourth-order valence-corrected chi connectivity index (χ4v) is 2.21. The molecule has 0 aliphatic heterocycles. The van der Waals surface area contributed by atoms with Gasteiger partial charge in [-0.15, -0.1) is 12.8 Å². The summed E-state index contributed by atoms with van der Waals surface area (Å²) in [7, 11) is 0. The van der Waals surface area contributed by atoms with Crippen LogP contribution in [0.4, 0.5) is 13.2 Å². The summed E-state index contributed by atoms with van der Waals surface area (Å²) in [6, 6.07) is 0. The first-order chi connectivity index (χ1) is 16.3. The summed E-state index contributed by atoms with van der Waals surface area (Å²) in [6.07, 6.45) is 3.00. The molecule has 1 amide bonds. The minimum absolute atomic E-state index is 0.0259. The number of carbonyl (C=O) groups is 2. The molecule has 0 fully saturated rings. The molecule has 2 N–H and O–H groups in total. The number of carbonyl (C=O) groups excluding carboxylic acids is 2. The minimum atomic E-state index is -5.28. The van der Waals surface area contributed by atoms with Crippen molar-refractivity contribution in [1.29, 1.82) is 0 Å². The number of halogens is 3. The molecule has 0 aromatic heterocycles. The molecule has 194 valence electrons. The van der Waals surface area contributed by atoms with E-state index in [-0.39, 0.29) is 79.1 Å². The Balaban J connectivity index is 4.99. The quantitative estimate of drug-likeness (QED) is 0.136. The number of alkyl halides is 3. The predicted molar refractivity (Wildman–Crippen MR) is 113 cm³/mol. The van der Waals surface area contributed by atoms with Crippen LogP contribution in [0.15, 0.2) is 0 Å². The summed E-state index contributed by atoms with van der Waals surface area (Å²) in [6.45, 7) is 0.446. The molecule has 0 aliphatic rings. The number of rotatable bonds is 20. The van der Waals surface area contributed by atoms with Crippen molar-refractivity contribution in [3.63, 3.8) is 0 Å². The highest BCUT2D eigenvalue weighted by atomic mass is 19.4. The number of hydrogen-bond donors (Lipinski definition) is 1. The number of ether oxygens (including phenoxy) is 6. The summed E-state index contributed by atoms with van der Waals surface area (Å²) in [5.41, 5.74) is 5.29. The average Bonchev–Trinajstić information content (AvgIpc) is 2.79. The summed E-state index contributed by atoms with van der Waals surface area (Å²) in [5, 5.41) is 0. The van der Waals surface area contributed by atoms with E-state index < -0.39 is 30.8 Å². The van der Waals surface area contributed by atoms with Crippen LogP contribution in [0.5, 0.6) is 0 Å². The maximum Gasteiger partial charge on any atom is 0.490 e. The zero-order valence-electron chi connectivity index (χ0n) is 18.8. The van der Waals surface area contributed by atoms with E-state index in [9.17, 15) is 22.8 Å². The third-order valence-corrected chi connectivity index (χ3v) is 3.73. The molecule has 34 heavy (non-hydrogen) atoms. The zero-order chi connectivity index (χ0) is 25.7. The Bertz CT molecular complexity index is 621. The number of nitrogens with two attached hydrogens (primary N) is 1. The Hall–Kier alpha value is -2.39. The van der Waals surface area contributed by atoms with Gasteiger partial charge in [-0.3, -0.25) is 4.79 Å². The third-order valence-electron chi connectivity index (χ3n) is 3.73. The van der Waals surface area contributed by atoms with Gasteiger partial charge in [0.15, 0.2) is 0 Å². The van der Waals surface area contributed by atoms with Gasteiger partial charge in [-0.05, 0) is 0 Å². The maximum atomic E-state index is 12.9. The minimum Gasteiger partial charge on any atom is -0.443 e. The SMILES string of the molecule is C#CCOCCOCCN(CCOCCOCC#C)C(=O)C(COCCN)OC(=O)C(F)(F)F. The van der Waals surface area contributed by atoms with Gasteiger partial charge < -0.3 is 39.1 Å². The summed E-state index contributed by atoms with van der Waals surface area (Å²) in [5.74, 6) is 1.17. The van der Waals surface area contributed by atoms with Crippen LogP contribution in [0.3, 0.4) is 0 Å². The molecule has 0 aliphatic carbocycles. The number of esters is 1. The van der Waals surface area contributed by atoms with E-state index in [2.05, 4.69) is 16.6 Å². The molecular weight excluding hydrogens is 465 g/mol. The van der Waals surface area contributed by atoms with Crippen molar-refractivity contribution in [2.45, 2.75) is 12.3 Å². The first-order valence-corrected chi connectivity index (χ1v) is 10.3. The van der Waals surface area contributed by atoms with E-state index >= 15 is 0 Å². The number of hydrogen-bond acceptors (Lipinski definition) is 9. The van der Waals surface area contributed by atoms with Crippen LogP contribution >= 0.6 is 0 Å². The van der Waals surface area contributed by atoms with E-state index in [1.54, 1.807) is 0 Å². The highest BCUT2D eigenvalue weighted by Gasteiger charge is 2.44. The topological polar surface area (TPSA) is 119 Å². The molecule has 0 bridgehead atoms. The van der Waals surface area contributed by atoms with Gasteiger partial charge in [-0.25, -0.2) is 4.79 Å². The second-order valence-electron chi connectivity index (χ2n) is 6.32. The van der Waals surface area contributed by atoms with Crippen LogP contribution in [0.2, 0.25) is 0 Å². The molecule has 0 spiro atoms. The lowest BCUT2D eigenvalue weighted by Crippen LogP contribution is -2.47. The second kappa shape index (κ2) is 20.0. The highest BCUT2D eigenvalue weighted by molar-refractivity contribution is 5.85. The van der Waals surface area contributed by atoms with Gasteiger partial charge in [-0.2, -0.15) is 13.2 Å². The van der Waals surface area contributed by atoms with E-state index in [1.807, 2.05) is 0 Å². The normalized spacial score (nSPS) is 11.9. The molecule has 1 atom stereocenters. The molecular formula is C21H31F3N2O8. The molecule has 0 aromatic rings. The van der Waals surface area contributed by atoms with Crippen LogP contribution in [0, 0.1) is 24.7 Å². The van der Waals surface area contributed by atoms with Crippen LogP contribution < -0.4 is 5.73 Å². The highest BCUT2D eigenvalue weighted by Crippen LogP contribution is 2.18. The van der Waals surface area contributed by atoms with Gasteiger partial charge in [-0.1, -0.05) is 11.8 Å². The van der Waals surface area contributed by atoms with E-state index in [4.69, 9.17) is 42.3 Å². The van der Waals surface area contributed by atoms with Crippen LogP contribution in [-0.2, 0) is 38.0 Å². The largest absolute Gasteiger partial charge is 0.490 e. The average molecular weight is 496 g/mol. The fourth-order valence-electron chi connectivity index (χ4n) is 2.21. The van der Waals surface area contributed by atoms with Gasteiger partial charge >= 0.3 is 12.1 Å². The van der Waals surface area contributed by atoms with Crippen molar-refractivity contribution < 1.29 is 51.2 Å². The summed E-state index contributed by atoms with van der Waals surface area (Å²) < 4.78 is 68.2. The smallest absolute Gasteiger partial charge is 0.443 e. The number of terminal acetylenes is 2. The van der Waals surface area contributed by atoms with Crippen LogP contribution in [0.1, 0.15) is 0 Å². The molecule has 0 saturated carbocycles. The van der Waals surface area contributed by atoms with Crippen molar-refractivity contribution in [2.75, 3.05) is 85.7 Å². The number of nitrogens with zero attached hydrogens (tertiary/aromatic N) is 1. The Morgan fingerprint density at radius 3 is 1.76 bits per heavy atom. The standard InChI is InChI=1S/C21H31F3N2O8/c1-3-8-29-13-15-31-11-6-26(7-12-32-16-14-30-9-4-2)19(27)18(17-33-10-5-25)34-20(28)21(22,23)24/h1-2,18H,5-17,25H2. The molecule has 0 rings (SSSR count). The molecule has 0 aromatic carbocycles. The lowest BCUT2D eigenvalue weighted by Gasteiger charge is -2.27. The Kier molecular flexibility index (Phi) is 18.6. The maximum absolute atomic E-state index is 12.9. The van der Waals surface area contributed by atoms with E-state index in [0.29, 0.717) is 0 Å². The van der Waals surface area contributed by atoms with Crippen LogP contribution in [0.25, 0.3) is 0 Å². The monoisotopic (exact) mass is 496 g/mol. The van der Waals surface area contributed by atoms with Gasteiger partial charge in [0, 0.05) is 19.6 Å². The van der Waals surface area contributed by atoms with Gasteiger partial charge in [0.2, 0.25) is 6.10 Å². The Labute approximate surface area is 197 Å². The van der Waals surface area contributed by atoms with Crippen molar-refractivity contribution >= 4 is 11.9 Å². The van der Waals surface area contributed by atoms with Crippen molar-refractivity contribution in [1.82, 2.24) is 4.90 Å². The molecule has 0 saturated heterocycles. The lowest BCUT2D eigenvalue weighted by atomic mass is 10.3. The molecule has 0 radical (unpaired) electrons. The van der Waals surface area contributed by atoms with E-state index in [0.717, 1.165) is 4.90 Å². The third kappa shape index (κ3) is 16.3. The Morgan fingerprint density at radius 1 is 0.824 bits per heavy atom. The first-order valence-electron chi connectivity index (χ1n) is 10.3. The zero-order valence-corrected chi connectivity index (χ0v) is 18.8. The molecule has 10 nitrogen and oxygen atoms in total. The van der Waals surface area contributed by atoms with Gasteiger partial charge in [0.05, 0.1) is 52.9 Å². The molecule has 1 unspecified atom stereocenters. The van der Waals surface area contributed by atoms with Gasteiger partial charge in [0.25, 0.3) is 5.91 Å². The van der Waals surface area contributed by atoms with E-state index in [1.165, 1.54) is 0 Å². The fraction of sp³-hybridized carbons (Fsp3) is 0.714. The first kappa shape index (κ1) is 31.6. The molecule has 13 heteroatoms. The number of amides is 1. The second-order valence-corrected chi connectivity index (χ2v) is 6.32. The summed E-state index contributed by atoms with van der Waals surface area (Å²) in [4.78, 5) is 25.3. The van der Waals surface area contributed by atoms with Crippen molar-refractivity contribution in [2.24, 2.45) is 5.73 Å². The Morgan fingerprint density at radius 2 is 1.32 bits per heavy atom.